The van der Waals surface area contributed by atoms with Gasteiger partial charge in [-0.15, -0.1) is 0 Å². The lowest BCUT2D eigenvalue weighted by molar-refractivity contribution is -0.138. The summed E-state index contributed by atoms with van der Waals surface area (Å²) in [6.45, 7) is 1.08. The number of nitriles is 1. The van der Waals surface area contributed by atoms with Crippen molar-refractivity contribution in [3.05, 3.63) is 29.8 Å². The molecule has 0 atom stereocenters. The lowest BCUT2D eigenvalue weighted by atomic mass is 9.94. The van der Waals surface area contributed by atoms with Gasteiger partial charge in [0.2, 0.25) is 0 Å². The molecule has 0 aromatic heterocycles. The Hall–Kier alpha value is -2.55. The lowest BCUT2D eigenvalue weighted by Crippen LogP contribution is -2.41. The van der Waals surface area contributed by atoms with Crippen LogP contribution in [0.15, 0.2) is 24.3 Å². The number of nitrogens with one attached hydrogen (secondary N) is 1. The van der Waals surface area contributed by atoms with Crippen LogP contribution >= 0.6 is 0 Å². The summed E-state index contributed by atoms with van der Waals surface area (Å²) in [6.07, 6.45) is 1.55. The van der Waals surface area contributed by atoms with Crippen LogP contribution in [-0.2, 0) is 4.79 Å². The van der Waals surface area contributed by atoms with Gasteiger partial charge in [0.1, 0.15) is 6.07 Å². The van der Waals surface area contributed by atoms with E-state index < -0.39 is 5.97 Å². The van der Waals surface area contributed by atoms with Gasteiger partial charge in [0.25, 0.3) is 0 Å². The molecule has 0 bridgehead atoms. The Labute approximate surface area is 123 Å². The van der Waals surface area contributed by atoms with Gasteiger partial charge in [0.05, 0.1) is 11.3 Å². The monoisotopic (exact) mass is 287 g/mol. The number of amides is 2. The Morgan fingerprint density at radius 2 is 2.00 bits per heavy atom. The second-order valence-corrected chi connectivity index (χ2v) is 5.12. The quantitative estimate of drug-likeness (QED) is 0.891. The number of carbonyl (C=O) groups is 2. The van der Waals surface area contributed by atoms with Crippen molar-refractivity contribution in [2.45, 2.75) is 19.3 Å². The number of para-hydroxylation sites is 1. The van der Waals surface area contributed by atoms with Gasteiger partial charge >= 0.3 is 12.0 Å². The molecule has 6 nitrogen and oxygen atoms in total. The molecule has 1 aromatic carbocycles. The molecule has 21 heavy (non-hydrogen) atoms. The van der Waals surface area contributed by atoms with Crippen LogP contribution in [0, 0.1) is 17.2 Å². The van der Waals surface area contributed by atoms with E-state index in [-0.39, 0.29) is 18.4 Å². The number of benzene rings is 1. The van der Waals surface area contributed by atoms with Crippen LogP contribution in [0.25, 0.3) is 0 Å². The highest BCUT2D eigenvalue weighted by atomic mass is 16.4. The molecule has 0 radical (unpaired) electrons. The molecule has 1 aromatic rings. The molecule has 1 heterocycles. The standard InChI is InChI=1S/C15H17N3O3/c16-10-12-3-1-2-4-13(12)17-15(21)18-7-5-11(6-8-18)9-14(19)20/h1-4,11H,5-9H2,(H,17,21)(H,19,20). The first-order valence-corrected chi connectivity index (χ1v) is 6.87. The number of hydrogen-bond acceptors (Lipinski definition) is 3. The van der Waals surface area contributed by atoms with Gasteiger partial charge in [0.15, 0.2) is 0 Å². The minimum atomic E-state index is -0.791. The maximum Gasteiger partial charge on any atom is 0.321 e. The van der Waals surface area contributed by atoms with E-state index in [0.717, 1.165) is 0 Å². The number of piperidine rings is 1. The van der Waals surface area contributed by atoms with Crippen molar-refractivity contribution in [1.82, 2.24) is 4.90 Å². The van der Waals surface area contributed by atoms with Gasteiger partial charge in [-0.2, -0.15) is 5.26 Å². The minimum absolute atomic E-state index is 0.137. The summed E-state index contributed by atoms with van der Waals surface area (Å²) in [4.78, 5) is 24.5. The summed E-state index contributed by atoms with van der Waals surface area (Å²) in [5, 5.41) is 20.5. The first-order valence-electron chi connectivity index (χ1n) is 6.87. The number of carbonyl (C=O) groups excluding carboxylic acids is 1. The van der Waals surface area contributed by atoms with Crippen LogP contribution in [0.2, 0.25) is 0 Å². The van der Waals surface area contributed by atoms with Crippen molar-refractivity contribution >= 4 is 17.7 Å². The zero-order valence-corrected chi connectivity index (χ0v) is 11.6. The number of carboxylic acids is 1. The van der Waals surface area contributed by atoms with Crippen LogP contribution < -0.4 is 5.32 Å². The van der Waals surface area contributed by atoms with Crippen molar-refractivity contribution in [3.63, 3.8) is 0 Å². The average molecular weight is 287 g/mol. The number of anilines is 1. The molecule has 1 fully saturated rings. The molecule has 6 heteroatoms. The molecule has 110 valence electrons. The molecular formula is C15H17N3O3. The van der Waals surface area contributed by atoms with Gasteiger partial charge in [-0.1, -0.05) is 12.1 Å². The topological polar surface area (TPSA) is 93.4 Å². The summed E-state index contributed by atoms with van der Waals surface area (Å²) < 4.78 is 0. The molecule has 1 aliphatic rings. The van der Waals surface area contributed by atoms with Crippen molar-refractivity contribution < 1.29 is 14.7 Å². The van der Waals surface area contributed by atoms with E-state index in [4.69, 9.17) is 10.4 Å². The van der Waals surface area contributed by atoms with Crippen molar-refractivity contribution in [1.29, 1.82) is 5.26 Å². The summed E-state index contributed by atoms with van der Waals surface area (Å²) in [7, 11) is 0. The van der Waals surface area contributed by atoms with Crippen molar-refractivity contribution in [2.75, 3.05) is 18.4 Å². The molecule has 0 spiro atoms. The third-order valence-corrected chi connectivity index (χ3v) is 3.65. The third kappa shape index (κ3) is 3.96. The second-order valence-electron chi connectivity index (χ2n) is 5.12. The predicted octanol–water partition coefficient (Wildman–Crippen LogP) is 2.28. The highest BCUT2D eigenvalue weighted by Crippen LogP contribution is 2.21. The molecule has 0 unspecified atom stereocenters. The van der Waals surface area contributed by atoms with E-state index in [0.29, 0.717) is 37.2 Å². The van der Waals surface area contributed by atoms with Crippen molar-refractivity contribution in [3.8, 4) is 6.07 Å². The van der Waals surface area contributed by atoms with Gasteiger partial charge in [-0.05, 0) is 30.9 Å². The van der Waals surface area contributed by atoms with Crippen LogP contribution in [0.4, 0.5) is 10.5 Å². The number of likely N-dealkylation sites (tertiary alicyclic amines) is 1. The summed E-state index contributed by atoms with van der Waals surface area (Å²) in [6, 6.07) is 8.63. The SMILES string of the molecule is N#Cc1ccccc1NC(=O)N1CCC(CC(=O)O)CC1. The van der Waals surface area contributed by atoms with Gasteiger partial charge in [0, 0.05) is 19.5 Å². The Morgan fingerprint density at radius 3 is 2.62 bits per heavy atom. The Morgan fingerprint density at radius 1 is 1.33 bits per heavy atom. The number of carboxylic acid groups (broad SMARTS) is 1. The smallest absolute Gasteiger partial charge is 0.321 e. The van der Waals surface area contributed by atoms with E-state index in [1.807, 2.05) is 6.07 Å². The molecular weight excluding hydrogens is 270 g/mol. The zero-order chi connectivity index (χ0) is 15.2. The fraction of sp³-hybridized carbons (Fsp3) is 0.400. The number of aliphatic carboxylic acids is 1. The highest BCUT2D eigenvalue weighted by molar-refractivity contribution is 5.90. The lowest BCUT2D eigenvalue weighted by Gasteiger charge is -2.31. The Balaban J connectivity index is 1.91. The van der Waals surface area contributed by atoms with Gasteiger partial charge in [-0.25, -0.2) is 4.79 Å². The zero-order valence-electron chi connectivity index (χ0n) is 11.6. The Bertz CT molecular complexity index is 572. The van der Waals surface area contributed by atoms with Gasteiger partial charge in [-0.3, -0.25) is 4.79 Å². The third-order valence-electron chi connectivity index (χ3n) is 3.65. The van der Waals surface area contributed by atoms with E-state index >= 15 is 0 Å². The second kappa shape index (κ2) is 6.75. The predicted molar refractivity (Wildman–Crippen MR) is 76.7 cm³/mol. The minimum Gasteiger partial charge on any atom is -0.481 e. The van der Waals surface area contributed by atoms with Crippen LogP contribution in [-0.4, -0.2) is 35.1 Å². The maximum atomic E-state index is 12.2. The number of nitrogens with zero attached hydrogens (tertiary/aromatic N) is 2. The Kier molecular flexibility index (Phi) is 4.77. The molecule has 2 amide bonds. The average Bonchev–Trinajstić information content (AvgIpc) is 2.48. The van der Waals surface area contributed by atoms with Crippen LogP contribution in [0.5, 0.6) is 0 Å². The summed E-state index contributed by atoms with van der Waals surface area (Å²) in [5.41, 5.74) is 0.921. The molecule has 2 rings (SSSR count). The number of hydrogen-bond donors (Lipinski definition) is 2. The van der Waals surface area contributed by atoms with Crippen LogP contribution in [0.1, 0.15) is 24.8 Å². The fourth-order valence-corrected chi connectivity index (χ4v) is 2.47. The number of urea groups is 1. The fourth-order valence-electron chi connectivity index (χ4n) is 2.47. The normalized spacial score (nSPS) is 15.3. The van der Waals surface area contributed by atoms with Crippen molar-refractivity contribution in [2.24, 2.45) is 5.92 Å². The highest BCUT2D eigenvalue weighted by Gasteiger charge is 2.24. The largest absolute Gasteiger partial charge is 0.481 e. The first kappa shape index (κ1) is 14.9. The molecule has 1 aliphatic heterocycles. The molecule has 1 saturated heterocycles. The van der Waals surface area contributed by atoms with E-state index in [2.05, 4.69) is 5.32 Å². The van der Waals surface area contributed by atoms with Gasteiger partial charge < -0.3 is 15.3 Å². The molecule has 0 aliphatic carbocycles. The maximum absolute atomic E-state index is 12.2. The summed E-state index contributed by atoms with van der Waals surface area (Å²) >= 11 is 0. The number of rotatable bonds is 3. The summed E-state index contributed by atoms with van der Waals surface area (Å²) in [5.74, 6) is -0.654. The first-order chi connectivity index (χ1) is 10.1. The van der Waals surface area contributed by atoms with Crippen LogP contribution in [0.3, 0.4) is 0 Å². The molecule has 2 N–H and O–H groups in total. The molecule has 0 saturated carbocycles. The van der Waals surface area contributed by atoms with E-state index in [9.17, 15) is 9.59 Å². The van der Waals surface area contributed by atoms with E-state index in [1.54, 1.807) is 29.2 Å². The van der Waals surface area contributed by atoms with E-state index in [1.165, 1.54) is 0 Å².